The minimum Gasteiger partial charge on any atom is -0.493 e. The van der Waals surface area contributed by atoms with Crippen LogP contribution in [0.4, 0.5) is 4.39 Å². The van der Waals surface area contributed by atoms with Gasteiger partial charge in [-0.3, -0.25) is 0 Å². The van der Waals surface area contributed by atoms with E-state index in [4.69, 9.17) is 16.3 Å². The summed E-state index contributed by atoms with van der Waals surface area (Å²) in [6.07, 6.45) is 7.53. The van der Waals surface area contributed by atoms with E-state index < -0.39 is 5.82 Å². The molecule has 0 N–H and O–H groups in total. The Morgan fingerprint density at radius 3 is 2.47 bits per heavy atom. The highest BCUT2D eigenvalue weighted by Crippen LogP contribution is 2.37. The third-order valence-corrected chi connectivity index (χ3v) is 5.36. The molecule has 1 aromatic rings. The number of halogens is 3. The molecule has 0 amide bonds. The van der Waals surface area contributed by atoms with E-state index in [0.29, 0.717) is 12.4 Å². The van der Waals surface area contributed by atoms with Crippen LogP contribution in [0.5, 0.6) is 5.75 Å². The summed E-state index contributed by atoms with van der Waals surface area (Å²) < 4.78 is 18.9. The fraction of sp³-hybridized carbons (Fsp3) is 0.600. The van der Waals surface area contributed by atoms with Crippen molar-refractivity contribution >= 4 is 27.5 Å². The first-order valence-corrected chi connectivity index (χ1v) is 8.29. The van der Waals surface area contributed by atoms with Crippen LogP contribution >= 0.6 is 27.5 Å². The first kappa shape index (κ1) is 15.1. The summed E-state index contributed by atoms with van der Waals surface area (Å²) in [5.41, 5.74) is 0.206. The molecule has 4 heteroatoms. The van der Waals surface area contributed by atoms with Gasteiger partial charge in [0.25, 0.3) is 0 Å². The molecule has 0 heterocycles. The largest absolute Gasteiger partial charge is 0.493 e. The number of alkyl halides is 1. The molecule has 1 nitrogen and oxygen atoms in total. The second kappa shape index (κ2) is 6.94. The molecule has 19 heavy (non-hydrogen) atoms. The van der Waals surface area contributed by atoms with Crippen molar-refractivity contribution in [3.8, 4) is 5.75 Å². The van der Waals surface area contributed by atoms with Crippen molar-refractivity contribution in [1.29, 1.82) is 0 Å². The quantitative estimate of drug-likeness (QED) is 0.508. The van der Waals surface area contributed by atoms with Crippen molar-refractivity contribution in [1.82, 2.24) is 0 Å². The van der Waals surface area contributed by atoms with Crippen molar-refractivity contribution < 1.29 is 9.13 Å². The fourth-order valence-corrected chi connectivity index (χ4v) is 3.49. The van der Waals surface area contributed by atoms with Gasteiger partial charge >= 0.3 is 0 Å². The predicted octanol–water partition coefficient (Wildman–Crippen LogP) is 5.59. The number of hydrogen-bond donors (Lipinski definition) is 0. The Hall–Kier alpha value is -0.280. The molecule has 0 spiro atoms. The van der Waals surface area contributed by atoms with Gasteiger partial charge in [0.2, 0.25) is 0 Å². The van der Waals surface area contributed by atoms with E-state index in [1.54, 1.807) is 12.1 Å². The molecule has 1 saturated carbocycles. The summed E-state index contributed by atoms with van der Waals surface area (Å²) in [6, 6.07) is 4.54. The van der Waals surface area contributed by atoms with Crippen LogP contribution in [0.15, 0.2) is 18.2 Å². The van der Waals surface area contributed by atoms with Crippen LogP contribution in [0.25, 0.3) is 0 Å². The van der Waals surface area contributed by atoms with E-state index in [1.165, 1.54) is 44.6 Å². The maximum absolute atomic E-state index is 13.1. The highest BCUT2D eigenvalue weighted by atomic mass is 79.9. The van der Waals surface area contributed by atoms with Gasteiger partial charge in [-0.25, -0.2) is 4.39 Å². The fourth-order valence-electron chi connectivity index (χ4n) is 2.60. The summed E-state index contributed by atoms with van der Waals surface area (Å²) in [6.45, 7) is 0.667. The minimum absolute atomic E-state index is 0.117. The summed E-state index contributed by atoms with van der Waals surface area (Å²) >= 11 is 9.40. The molecular formula is C15H19BrClFO. The van der Waals surface area contributed by atoms with Gasteiger partial charge in [0.15, 0.2) is 0 Å². The topological polar surface area (TPSA) is 9.23 Å². The molecule has 0 atom stereocenters. The lowest BCUT2D eigenvalue weighted by Gasteiger charge is -2.30. The van der Waals surface area contributed by atoms with Gasteiger partial charge in [0, 0.05) is 16.8 Å². The normalized spacial score (nSPS) is 18.9. The van der Waals surface area contributed by atoms with Crippen molar-refractivity contribution in [2.45, 2.75) is 38.5 Å². The second-order valence-electron chi connectivity index (χ2n) is 5.41. The predicted molar refractivity (Wildman–Crippen MR) is 80.8 cm³/mol. The Bertz CT molecular complexity index is 417. The molecule has 1 aromatic carbocycles. The molecule has 0 aromatic heterocycles. The highest BCUT2D eigenvalue weighted by Gasteiger charge is 2.30. The zero-order valence-corrected chi connectivity index (χ0v) is 13.3. The lowest BCUT2D eigenvalue weighted by atomic mass is 9.83. The van der Waals surface area contributed by atoms with Crippen LogP contribution in [-0.2, 0) is 0 Å². The Balaban J connectivity index is 2.00. The maximum atomic E-state index is 13.1. The molecule has 1 aliphatic carbocycles. The molecule has 2 rings (SSSR count). The molecule has 1 aliphatic rings. The Morgan fingerprint density at radius 2 is 1.89 bits per heavy atom. The lowest BCUT2D eigenvalue weighted by Crippen LogP contribution is -2.29. The first-order chi connectivity index (χ1) is 9.15. The van der Waals surface area contributed by atoms with E-state index in [0.717, 1.165) is 5.33 Å². The van der Waals surface area contributed by atoms with Crippen LogP contribution in [0.3, 0.4) is 0 Å². The highest BCUT2D eigenvalue weighted by molar-refractivity contribution is 9.09. The van der Waals surface area contributed by atoms with E-state index >= 15 is 0 Å². The summed E-state index contributed by atoms with van der Waals surface area (Å²) in [5.74, 6) is 0.245. The molecule has 1 fully saturated rings. The summed E-state index contributed by atoms with van der Waals surface area (Å²) in [4.78, 5) is 0. The van der Waals surface area contributed by atoms with E-state index in [1.807, 2.05) is 0 Å². The van der Waals surface area contributed by atoms with Crippen LogP contribution in [0.2, 0.25) is 5.02 Å². The second-order valence-corrected chi connectivity index (χ2v) is 6.38. The van der Waals surface area contributed by atoms with Crippen LogP contribution in [0, 0.1) is 11.2 Å². The van der Waals surface area contributed by atoms with E-state index in [9.17, 15) is 4.39 Å². The van der Waals surface area contributed by atoms with Gasteiger partial charge in [-0.2, -0.15) is 0 Å². The van der Waals surface area contributed by atoms with Crippen molar-refractivity contribution in [2.24, 2.45) is 5.41 Å². The van der Waals surface area contributed by atoms with Gasteiger partial charge in [0.05, 0.1) is 11.6 Å². The number of hydrogen-bond acceptors (Lipinski definition) is 1. The van der Waals surface area contributed by atoms with Crippen molar-refractivity contribution in [3.05, 3.63) is 29.0 Å². The van der Waals surface area contributed by atoms with E-state index in [2.05, 4.69) is 15.9 Å². The van der Waals surface area contributed by atoms with Gasteiger partial charge in [-0.1, -0.05) is 53.2 Å². The van der Waals surface area contributed by atoms with Crippen LogP contribution in [0.1, 0.15) is 38.5 Å². The average molecular weight is 350 g/mol. The third-order valence-electron chi connectivity index (χ3n) is 3.88. The van der Waals surface area contributed by atoms with Crippen molar-refractivity contribution in [3.63, 3.8) is 0 Å². The van der Waals surface area contributed by atoms with Gasteiger partial charge in [-0.15, -0.1) is 0 Å². The monoisotopic (exact) mass is 348 g/mol. The Labute approximate surface area is 127 Å². The Kier molecular flexibility index (Phi) is 5.52. The number of benzene rings is 1. The third kappa shape index (κ3) is 4.09. The Morgan fingerprint density at radius 1 is 1.21 bits per heavy atom. The maximum Gasteiger partial charge on any atom is 0.142 e. The lowest BCUT2D eigenvalue weighted by molar-refractivity contribution is 0.149. The minimum atomic E-state index is -0.404. The number of rotatable bonds is 4. The first-order valence-electron chi connectivity index (χ1n) is 6.79. The molecule has 106 valence electrons. The van der Waals surface area contributed by atoms with Crippen LogP contribution < -0.4 is 4.74 Å². The molecule has 0 unspecified atom stereocenters. The summed E-state index contributed by atoms with van der Waals surface area (Å²) in [7, 11) is 0. The van der Waals surface area contributed by atoms with Gasteiger partial charge in [0.1, 0.15) is 11.6 Å². The molecule has 0 saturated heterocycles. The van der Waals surface area contributed by atoms with Gasteiger partial charge < -0.3 is 4.74 Å². The summed E-state index contributed by atoms with van der Waals surface area (Å²) in [5, 5.41) is 1.07. The van der Waals surface area contributed by atoms with Crippen molar-refractivity contribution in [2.75, 3.05) is 11.9 Å². The average Bonchev–Trinajstić information content (AvgIpc) is 2.66. The molecule has 0 radical (unpaired) electrons. The van der Waals surface area contributed by atoms with E-state index in [-0.39, 0.29) is 10.4 Å². The molecule has 0 aliphatic heterocycles. The number of ether oxygens (including phenoxy) is 1. The zero-order chi connectivity index (χ0) is 13.7. The molecular weight excluding hydrogens is 331 g/mol. The smallest absolute Gasteiger partial charge is 0.142 e. The van der Waals surface area contributed by atoms with Gasteiger partial charge in [-0.05, 0) is 25.0 Å². The zero-order valence-electron chi connectivity index (χ0n) is 10.9. The molecule has 0 bridgehead atoms. The SMILES string of the molecule is Fc1ccc(OCC2(CBr)CCCCCC2)cc1Cl. The standard InChI is InChI=1S/C15H19BrClFO/c16-10-15(7-3-1-2-4-8-15)11-19-12-5-6-14(18)13(17)9-12/h5-6,9H,1-4,7-8,10-11H2. The van der Waals surface area contributed by atoms with Crippen LogP contribution in [-0.4, -0.2) is 11.9 Å².